The molecule has 1 saturated heterocycles. The van der Waals surface area contributed by atoms with Crippen molar-refractivity contribution in [2.24, 2.45) is 0 Å². The predicted molar refractivity (Wildman–Crippen MR) is 83.4 cm³/mol. The number of nitrogens with one attached hydrogen (secondary N) is 1. The van der Waals surface area contributed by atoms with Crippen LogP contribution in [0.3, 0.4) is 0 Å². The van der Waals surface area contributed by atoms with E-state index >= 15 is 0 Å². The van der Waals surface area contributed by atoms with Gasteiger partial charge in [0.1, 0.15) is 0 Å². The van der Waals surface area contributed by atoms with Crippen LogP contribution in [-0.4, -0.2) is 70.8 Å². The molecule has 1 aromatic rings. The Morgan fingerprint density at radius 3 is 2.57 bits per heavy atom. The molecule has 0 aliphatic carbocycles. The quantitative estimate of drug-likeness (QED) is 0.662. The van der Waals surface area contributed by atoms with E-state index < -0.39 is 5.60 Å². The van der Waals surface area contributed by atoms with Crippen LogP contribution < -0.4 is 16.0 Å². The zero-order valence-electron chi connectivity index (χ0n) is 13.0. The molecule has 1 aliphatic rings. The molecule has 21 heavy (non-hydrogen) atoms. The minimum atomic E-state index is -0.876. The van der Waals surface area contributed by atoms with Gasteiger partial charge in [0.05, 0.1) is 5.60 Å². The first kappa shape index (κ1) is 15.7. The third kappa shape index (κ3) is 4.68. The van der Waals surface area contributed by atoms with Crippen LogP contribution in [0.1, 0.15) is 19.8 Å². The van der Waals surface area contributed by atoms with Crippen LogP contribution in [0.4, 0.5) is 17.8 Å². The van der Waals surface area contributed by atoms with Gasteiger partial charge in [-0.05, 0) is 33.9 Å². The molecule has 0 spiro atoms. The van der Waals surface area contributed by atoms with Gasteiger partial charge in [-0.1, -0.05) is 0 Å². The number of anilines is 3. The number of likely N-dealkylation sites (N-methyl/N-ethyl adjacent to an activating group) is 1. The second-order valence-corrected chi connectivity index (χ2v) is 6.10. The van der Waals surface area contributed by atoms with Gasteiger partial charge in [-0.25, -0.2) is 0 Å². The van der Waals surface area contributed by atoms with Crippen molar-refractivity contribution < 1.29 is 5.11 Å². The van der Waals surface area contributed by atoms with E-state index in [9.17, 15) is 5.11 Å². The summed E-state index contributed by atoms with van der Waals surface area (Å²) in [6.07, 6.45) is 2.29. The summed E-state index contributed by atoms with van der Waals surface area (Å²) in [5.74, 6) is 1.21. The van der Waals surface area contributed by atoms with E-state index in [0.29, 0.717) is 25.0 Å². The Hall–Kier alpha value is -1.67. The largest absolute Gasteiger partial charge is 0.387 e. The van der Waals surface area contributed by atoms with E-state index in [1.165, 1.54) is 0 Å². The molecule has 1 unspecified atom stereocenters. The van der Waals surface area contributed by atoms with Gasteiger partial charge < -0.3 is 26.0 Å². The van der Waals surface area contributed by atoms with Gasteiger partial charge in [-0.3, -0.25) is 0 Å². The molecular formula is C13H25N7O. The highest BCUT2D eigenvalue weighted by Crippen LogP contribution is 2.18. The predicted octanol–water partition coefficient (Wildman–Crippen LogP) is -0.221. The fraction of sp³-hybridized carbons (Fsp3) is 0.769. The topological polar surface area (TPSA) is 103 Å². The lowest BCUT2D eigenvalue weighted by Gasteiger charge is -2.27. The van der Waals surface area contributed by atoms with E-state index in [4.69, 9.17) is 5.73 Å². The van der Waals surface area contributed by atoms with Crippen molar-refractivity contribution in [3.63, 3.8) is 0 Å². The molecule has 8 nitrogen and oxygen atoms in total. The third-order valence-electron chi connectivity index (χ3n) is 3.31. The van der Waals surface area contributed by atoms with Crippen molar-refractivity contribution in [2.45, 2.75) is 25.4 Å². The molecule has 118 valence electrons. The first-order chi connectivity index (χ1) is 9.85. The number of aromatic nitrogens is 3. The number of hydrogen-bond donors (Lipinski definition) is 3. The van der Waals surface area contributed by atoms with E-state index in [0.717, 1.165) is 25.9 Å². The highest BCUT2D eigenvalue weighted by molar-refractivity contribution is 5.42. The number of aliphatic hydroxyl groups is 1. The van der Waals surface area contributed by atoms with E-state index in [2.05, 4.69) is 25.2 Å². The molecule has 1 aliphatic heterocycles. The summed E-state index contributed by atoms with van der Waals surface area (Å²) < 4.78 is 0. The summed E-state index contributed by atoms with van der Waals surface area (Å²) in [4.78, 5) is 16.7. The summed E-state index contributed by atoms with van der Waals surface area (Å²) in [6, 6.07) is 0. The second kappa shape index (κ2) is 6.40. The van der Waals surface area contributed by atoms with E-state index in [-0.39, 0.29) is 5.95 Å². The van der Waals surface area contributed by atoms with Crippen molar-refractivity contribution in [1.82, 2.24) is 19.9 Å². The van der Waals surface area contributed by atoms with Gasteiger partial charge in [-0.2, -0.15) is 15.0 Å². The van der Waals surface area contributed by atoms with Crippen molar-refractivity contribution in [1.29, 1.82) is 0 Å². The number of nitrogens with two attached hydrogens (primary N) is 1. The van der Waals surface area contributed by atoms with E-state index in [1.54, 1.807) is 6.92 Å². The van der Waals surface area contributed by atoms with E-state index in [1.807, 2.05) is 19.0 Å². The summed E-state index contributed by atoms with van der Waals surface area (Å²) in [7, 11) is 3.84. The Balaban J connectivity index is 2.02. The molecule has 2 heterocycles. The first-order valence-electron chi connectivity index (χ1n) is 7.23. The summed E-state index contributed by atoms with van der Waals surface area (Å²) >= 11 is 0. The summed E-state index contributed by atoms with van der Waals surface area (Å²) in [5, 5.41) is 13.3. The maximum atomic E-state index is 10.3. The van der Waals surface area contributed by atoms with Crippen LogP contribution >= 0.6 is 0 Å². The van der Waals surface area contributed by atoms with Gasteiger partial charge >= 0.3 is 0 Å². The zero-order chi connectivity index (χ0) is 15.5. The molecule has 4 N–H and O–H groups in total. The fourth-order valence-corrected chi connectivity index (χ4v) is 2.52. The standard InChI is InChI=1S/C13H25N7O/c1-13(21,9-19(2)3)8-15-11-16-10(14)17-12(18-11)20-6-4-5-7-20/h21H,4-9H2,1-3H3,(H3,14,15,16,17,18). The molecule has 0 bridgehead atoms. The molecule has 1 atom stereocenters. The smallest absolute Gasteiger partial charge is 0.231 e. The molecule has 8 heteroatoms. The average Bonchev–Trinajstić information content (AvgIpc) is 2.88. The fourth-order valence-electron chi connectivity index (χ4n) is 2.52. The van der Waals surface area contributed by atoms with Crippen LogP contribution in [0.25, 0.3) is 0 Å². The number of nitrogens with zero attached hydrogens (tertiary/aromatic N) is 5. The monoisotopic (exact) mass is 295 g/mol. The number of nitrogen functional groups attached to an aromatic ring is 1. The lowest BCUT2D eigenvalue weighted by Crippen LogP contribution is -2.43. The Morgan fingerprint density at radius 2 is 1.95 bits per heavy atom. The first-order valence-corrected chi connectivity index (χ1v) is 7.23. The maximum Gasteiger partial charge on any atom is 0.231 e. The molecule has 1 aromatic heterocycles. The van der Waals surface area contributed by atoms with Gasteiger partial charge in [0.15, 0.2) is 0 Å². The minimum absolute atomic E-state index is 0.196. The summed E-state index contributed by atoms with van der Waals surface area (Å²) in [6.45, 7) is 4.54. The highest BCUT2D eigenvalue weighted by atomic mass is 16.3. The van der Waals surface area contributed by atoms with Crippen molar-refractivity contribution >= 4 is 17.8 Å². The molecule has 0 aromatic carbocycles. The van der Waals surface area contributed by atoms with Crippen molar-refractivity contribution in [2.75, 3.05) is 56.2 Å². The van der Waals surface area contributed by atoms with Crippen molar-refractivity contribution in [3.05, 3.63) is 0 Å². The minimum Gasteiger partial charge on any atom is -0.387 e. The van der Waals surface area contributed by atoms with Gasteiger partial charge in [0, 0.05) is 26.2 Å². The maximum absolute atomic E-state index is 10.3. The summed E-state index contributed by atoms with van der Waals surface area (Å²) in [5.41, 5.74) is 4.87. The number of hydrogen-bond acceptors (Lipinski definition) is 8. The van der Waals surface area contributed by atoms with Gasteiger partial charge in [0.2, 0.25) is 17.8 Å². The molecular weight excluding hydrogens is 270 g/mol. The van der Waals surface area contributed by atoms with Crippen LogP contribution in [0.5, 0.6) is 0 Å². The van der Waals surface area contributed by atoms with Crippen LogP contribution in [0.15, 0.2) is 0 Å². The average molecular weight is 295 g/mol. The third-order valence-corrected chi connectivity index (χ3v) is 3.31. The molecule has 0 saturated carbocycles. The zero-order valence-corrected chi connectivity index (χ0v) is 13.0. The lowest BCUT2D eigenvalue weighted by molar-refractivity contribution is 0.0458. The van der Waals surface area contributed by atoms with Crippen molar-refractivity contribution in [3.8, 4) is 0 Å². The Morgan fingerprint density at radius 1 is 1.29 bits per heavy atom. The van der Waals surface area contributed by atoms with Gasteiger partial charge in [0.25, 0.3) is 0 Å². The second-order valence-electron chi connectivity index (χ2n) is 6.10. The normalized spacial score (nSPS) is 18.0. The Bertz CT molecular complexity index is 472. The molecule has 2 rings (SSSR count). The SMILES string of the molecule is CN(C)CC(C)(O)CNc1nc(N)nc(N2CCCC2)n1. The highest BCUT2D eigenvalue weighted by Gasteiger charge is 2.22. The molecule has 0 amide bonds. The van der Waals surface area contributed by atoms with Gasteiger partial charge in [-0.15, -0.1) is 0 Å². The molecule has 0 radical (unpaired) electrons. The lowest BCUT2D eigenvalue weighted by atomic mass is 10.1. The molecule has 1 fully saturated rings. The Labute approximate surface area is 125 Å². The number of rotatable bonds is 6. The Kier molecular flexibility index (Phi) is 4.79. The van der Waals surface area contributed by atoms with Crippen LogP contribution in [-0.2, 0) is 0 Å². The van der Waals surface area contributed by atoms with Crippen LogP contribution in [0.2, 0.25) is 0 Å². The van der Waals surface area contributed by atoms with Crippen LogP contribution in [0, 0.1) is 0 Å².